The number of halogens is 6. The van der Waals surface area contributed by atoms with Gasteiger partial charge in [0.1, 0.15) is 0 Å². The lowest BCUT2D eigenvalue weighted by atomic mass is 10.3. The second-order valence-electron chi connectivity index (χ2n) is 8.12. The topological polar surface area (TPSA) is 157 Å². The van der Waals surface area contributed by atoms with Gasteiger partial charge in [-0.2, -0.15) is 26.3 Å². The quantitative estimate of drug-likeness (QED) is 0.0853. The van der Waals surface area contributed by atoms with Crippen LogP contribution in [0.25, 0.3) is 0 Å². The van der Waals surface area contributed by atoms with Crippen molar-refractivity contribution in [2.24, 2.45) is 0 Å². The number of rotatable bonds is 13. The molecule has 45 heavy (non-hydrogen) atoms. The zero-order valence-electron chi connectivity index (χ0n) is 25.2. The van der Waals surface area contributed by atoms with E-state index >= 15 is 0 Å². The SMILES string of the molecule is CCOP(=O)(OCC)C(C)(F)F.CCOP(=O)(OCC)C(F)(F)C(C)(F)F.O=[N+]([O-])c1ccccc1.O=[N+]([O-])c1ccccc1. The van der Waals surface area contributed by atoms with Crippen LogP contribution in [0.4, 0.5) is 37.7 Å². The van der Waals surface area contributed by atoms with Crippen LogP contribution in [0.15, 0.2) is 60.7 Å². The molecule has 2 aromatic rings. The second-order valence-corrected chi connectivity index (χ2v) is 12.5. The van der Waals surface area contributed by atoms with Gasteiger partial charge in [-0.15, -0.1) is 0 Å². The molecule has 0 fully saturated rings. The standard InChI is InChI=1S/C7H13F4O3P.C6H13F2O3P.2C6H5NO2/c1-4-13-15(12,14-5-2)7(10,11)6(3,8)9;1-4-10-12(9,11-5-2)6(3,7)8;2*8-7(9)6-4-2-1-3-5-6/h4-5H2,1-3H3;4-5H2,1-3H3;2*1-5H. The molecule has 0 aliphatic heterocycles. The van der Waals surface area contributed by atoms with Crippen molar-refractivity contribution in [3.05, 3.63) is 80.9 Å². The Labute approximate surface area is 256 Å². The van der Waals surface area contributed by atoms with Crippen molar-refractivity contribution in [3.63, 3.8) is 0 Å². The zero-order valence-corrected chi connectivity index (χ0v) is 27.0. The Kier molecular flexibility index (Phi) is 19.9. The third-order valence-electron chi connectivity index (χ3n) is 4.48. The molecule has 0 aliphatic rings. The zero-order chi connectivity index (χ0) is 35.5. The van der Waals surface area contributed by atoms with Crippen LogP contribution in [0, 0.1) is 20.2 Å². The summed E-state index contributed by atoms with van der Waals surface area (Å²) in [4.78, 5) is 19.2. The fourth-order valence-corrected chi connectivity index (χ4v) is 5.25. The Morgan fingerprint density at radius 2 is 0.867 bits per heavy atom. The molecule has 0 radical (unpaired) electrons. The Bertz CT molecular complexity index is 1160. The fourth-order valence-electron chi connectivity index (χ4n) is 2.48. The normalized spacial score (nSPS) is 11.9. The van der Waals surface area contributed by atoms with E-state index in [0.717, 1.165) is 0 Å². The van der Waals surface area contributed by atoms with Crippen molar-refractivity contribution < 1.29 is 63.4 Å². The summed E-state index contributed by atoms with van der Waals surface area (Å²) in [5.74, 6) is -4.47. The predicted molar refractivity (Wildman–Crippen MR) is 154 cm³/mol. The summed E-state index contributed by atoms with van der Waals surface area (Å²) in [6.45, 7) is 5.07. The summed E-state index contributed by atoms with van der Waals surface area (Å²) in [6.07, 6.45) is 0. The maximum atomic E-state index is 13.1. The maximum absolute atomic E-state index is 13.1. The van der Waals surface area contributed by atoms with Crippen molar-refractivity contribution in [3.8, 4) is 0 Å². The summed E-state index contributed by atoms with van der Waals surface area (Å²) >= 11 is 0. The average Bonchev–Trinajstić information content (AvgIpc) is 2.94. The van der Waals surface area contributed by atoms with Crippen molar-refractivity contribution in [2.75, 3.05) is 26.4 Å². The van der Waals surface area contributed by atoms with Crippen LogP contribution in [0.2, 0.25) is 0 Å². The van der Waals surface area contributed by atoms with Crippen LogP contribution in [0.5, 0.6) is 0 Å². The van der Waals surface area contributed by atoms with Gasteiger partial charge in [-0.25, -0.2) is 0 Å². The number of non-ortho nitro benzene ring substituents is 2. The van der Waals surface area contributed by atoms with Gasteiger partial charge in [0.05, 0.1) is 36.3 Å². The van der Waals surface area contributed by atoms with Crippen LogP contribution in [-0.4, -0.2) is 53.5 Å². The Hall–Kier alpha value is -2.88. The van der Waals surface area contributed by atoms with Crippen molar-refractivity contribution in [2.45, 2.75) is 58.8 Å². The number of alkyl halides is 6. The summed E-state index contributed by atoms with van der Waals surface area (Å²) in [6, 6.07) is 15.9. The van der Waals surface area contributed by atoms with Gasteiger partial charge in [-0.1, -0.05) is 36.4 Å². The van der Waals surface area contributed by atoms with E-state index in [4.69, 9.17) is 0 Å². The van der Waals surface area contributed by atoms with E-state index in [1.54, 1.807) is 36.4 Å². The molecule has 2 rings (SSSR count). The predicted octanol–water partition coefficient (Wildman–Crippen LogP) is 9.56. The van der Waals surface area contributed by atoms with Crippen molar-refractivity contribution in [1.82, 2.24) is 0 Å². The second kappa shape index (κ2) is 20.3. The number of nitro benzene ring substituents is 2. The van der Waals surface area contributed by atoms with Gasteiger partial charge in [0.25, 0.3) is 11.4 Å². The van der Waals surface area contributed by atoms with E-state index < -0.39 is 55.5 Å². The molecule has 0 spiro atoms. The monoisotopic (exact) mass is 700 g/mol. The lowest BCUT2D eigenvalue weighted by Gasteiger charge is -2.29. The molecule has 0 unspecified atom stereocenters. The summed E-state index contributed by atoms with van der Waals surface area (Å²) in [5.41, 5.74) is -7.99. The van der Waals surface area contributed by atoms with Crippen LogP contribution >= 0.6 is 15.2 Å². The minimum absolute atomic E-state index is 0.0301. The van der Waals surface area contributed by atoms with Gasteiger partial charge in [-0.05, 0) is 27.7 Å². The van der Waals surface area contributed by atoms with E-state index in [2.05, 4.69) is 18.1 Å². The molecule has 258 valence electrons. The highest BCUT2D eigenvalue weighted by atomic mass is 31.2. The molecule has 0 amide bonds. The molecule has 0 atom stereocenters. The number of benzene rings is 2. The Balaban J connectivity index is 0. The molecule has 20 heteroatoms. The molecule has 0 saturated heterocycles. The van der Waals surface area contributed by atoms with E-state index in [1.807, 2.05) is 0 Å². The van der Waals surface area contributed by atoms with Crippen LogP contribution in [0.1, 0.15) is 41.5 Å². The van der Waals surface area contributed by atoms with Gasteiger partial charge in [0, 0.05) is 38.1 Å². The van der Waals surface area contributed by atoms with Gasteiger partial charge >= 0.3 is 32.4 Å². The van der Waals surface area contributed by atoms with Crippen LogP contribution in [0.3, 0.4) is 0 Å². The van der Waals surface area contributed by atoms with Crippen molar-refractivity contribution in [1.29, 1.82) is 0 Å². The molecule has 12 nitrogen and oxygen atoms in total. The largest absolute Gasteiger partial charge is 0.407 e. The van der Waals surface area contributed by atoms with Crippen LogP contribution < -0.4 is 0 Å². The summed E-state index contributed by atoms with van der Waals surface area (Å²) in [5, 5.41) is 20.0. The number of hydrogen-bond donors (Lipinski definition) is 0. The number of nitrogens with zero attached hydrogens (tertiary/aromatic N) is 2. The summed E-state index contributed by atoms with van der Waals surface area (Å²) in [7, 11) is -9.36. The highest BCUT2D eigenvalue weighted by molar-refractivity contribution is 7.55. The third-order valence-corrected chi connectivity index (χ3v) is 8.92. The first kappa shape index (κ1) is 44.2. The Morgan fingerprint density at radius 1 is 0.600 bits per heavy atom. The van der Waals surface area contributed by atoms with E-state index in [9.17, 15) is 55.7 Å². The number of hydrogen-bond acceptors (Lipinski definition) is 10. The number of para-hydroxylation sites is 2. The Morgan fingerprint density at radius 3 is 1.04 bits per heavy atom. The maximum Gasteiger partial charge on any atom is 0.407 e. The average molecular weight is 701 g/mol. The van der Waals surface area contributed by atoms with Gasteiger partial charge in [-0.3, -0.25) is 29.4 Å². The lowest BCUT2D eigenvalue weighted by Crippen LogP contribution is -2.38. The third kappa shape index (κ3) is 15.3. The molecule has 0 N–H and O–H groups in total. The smallest absolute Gasteiger partial charge is 0.305 e. The molecule has 0 aliphatic carbocycles. The first-order chi connectivity index (χ1) is 20.6. The molecule has 0 aromatic heterocycles. The van der Waals surface area contributed by atoms with E-state index in [0.29, 0.717) is 6.92 Å². The van der Waals surface area contributed by atoms with E-state index in [1.165, 1.54) is 52.0 Å². The van der Waals surface area contributed by atoms with Gasteiger partial charge in [0.15, 0.2) is 0 Å². The minimum atomic E-state index is -5.13. The first-order valence-electron chi connectivity index (χ1n) is 12.9. The molecule has 0 saturated carbocycles. The fraction of sp³-hybridized carbons (Fsp3) is 0.520. The first-order valence-corrected chi connectivity index (χ1v) is 16.0. The van der Waals surface area contributed by atoms with E-state index in [-0.39, 0.29) is 31.5 Å². The number of nitro groups is 2. The van der Waals surface area contributed by atoms with Crippen LogP contribution in [-0.2, 0) is 27.2 Å². The highest BCUT2D eigenvalue weighted by Gasteiger charge is 2.67. The highest BCUT2D eigenvalue weighted by Crippen LogP contribution is 2.66. The van der Waals surface area contributed by atoms with Gasteiger partial charge < -0.3 is 18.1 Å². The molecular weight excluding hydrogens is 664 g/mol. The van der Waals surface area contributed by atoms with Crippen molar-refractivity contribution >= 4 is 26.6 Å². The molecule has 0 bridgehead atoms. The molecule has 0 heterocycles. The lowest BCUT2D eigenvalue weighted by molar-refractivity contribution is -0.385. The molecular formula is C25H36F6N2O10P2. The minimum Gasteiger partial charge on any atom is -0.305 e. The molecule has 2 aromatic carbocycles. The summed E-state index contributed by atoms with van der Waals surface area (Å²) < 4.78 is 116. The van der Waals surface area contributed by atoms with Gasteiger partial charge in [0.2, 0.25) is 0 Å².